The Morgan fingerprint density at radius 1 is 1.14 bits per heavy atom. The summed E-state index contributed by atoms with van der Waals surface area (Å²) in [5.74, 6) is 0.880. The lowest BCUT2D eigenvalue weighted by molar-refractivity contribution is 0.334. The van der Waals surface area contributed by atoms with Gasteiger partial charge in [0.1, 0.15) is 5.75 Å². The van der Waals surface area contributed by atoms with E-state index in [0.29, 0.717) is 6.61 Å². The molecule has 2 rings (SSSR count). The van der Waals surface area contributed by atoms with Crippen LogP contribution in [0.15, 0.2) is 48.5 Å². The minimum absolute atomic E-state index is 0.0849. The van der Waals surface area contributed by atoms with Crippen molar-refractivity contribution in [1.82, 2.24) is 0 Å². The predicted octanol–water partition coefficient (Wildman–Crippen LogP) is 3.53. The summed E-state index contributed by atoms with van der Waals surface area (Å²) >= 11 is 0. The van der Waals surface area contributed by atoms with Gasteiger partial charge < -0.3 is 15.4 Å². The first-order chi connectivity index (χ1) is 10.1. The third-order valence-corrected chi connectivity index (χ3v) is 3.53. The van der Waals surface area contributed by atoms with Crippen molar-refractivity contribution in [1.29, 1.82) is 0 Å². The number of hydrogen-bond acceptors (Lipinski definition) is 3. The van der Waals surface area contributed by atoms with E-state index < -0.39 is 0 Å². The van der Waals surface area contributed by atoms with Crippen LogP contribution < -0.4 is 15.4 Å². The number of anilines is 1. The van der Waals surface area contributed by atoms with Crippen molar-refractivity contribution in [2.45, 2.75) is 19.9 Å². The Kier molecular flexibility index (Phi) is 5.23. The summed E-state index contributed by atoms with van der Waals surface area (Å²) in [6.07, 6.45) is 0. The molecule has 0 saturated heterocycles. The van der Waals surface area contributed by atoms with Crippen molar-refractivity contribution in [3.63, 3.8) is 0 Å². The minimum Gasteiger partial charge on any atom is -0.494 e. The van der Waals surface area contributed by atoms with Gasteiger partial charge in [0.2, 0.25) is 0 Å². The highest BCUT2D eigenvalue weighted by Crippen LogP contribution is 2.25. The number of para-hydroxylation sites is 1. The average molecular weight is 284 g/mol. The van der Waals surface area contributed by atoms with Crippen molar-refractivity contribution in [2.24, 2.45) is 5.73 Å². The predicted molar refractivity (Wildman–Crippen MR) is 89.0 cm³/mol. The van der Waals surface area contributed by atoms with Crippen LogP contribution in [-0.2, 0) is 0 Å². The van der Waals surface area contributed by atoms with Crippen LogP contribution in [0.3, 0.4) is 0 Å². The Bertz CT molecular complexity index is 583. The quantitative estimate of drug-likeness (QED) is 0.882. The minimum atomic E-state index is -0.0849. The summed E-state index contributed by atoms with van der Waals surface area (Å²) in [5, 5.41) is 0. The fourth-order valence-electron chi connectivity index (χ4n) is 2.44. The van der Waals surface area contributed by atoms with Crippen LogP contribution in [0, 0.1) is 6.92 Å². The fourth-order valence-corrected chi connectivity index (χ4v) is 2.44. The maximum absolute atomic E-state index is 6.38. The van der Waals surface area contributed by atoms with E-state index in [2.05, 4.69) is 43.1 Å². The van der Waals surface area contributed by atoms with Crippen LogP contribution >= 0.6 is 0 Å². The van der Waals surface area contributed by atoms with Crippen LogP contribution in [0.25, 0.3) is 0 Å². The van der Waals surface area contributed by atoms with Crippen LogP contribution in [0.4, 0.5) is 5.69 Å². The molecule has 0 aliphatic heterocycles. The molecule has 0 amide bonds. The monoisotopic (exact) mass is 284 g/mol. The topological polar surface area (TPSA) is 38.5 Å². The molecule has 0 bridgehead atoms. The highest BCUT2D eigenvalue weighted by molar-refractivity contribution is 5.48. The van der Waals surface area contributed by atoms with Gasteiger partial charge in [-0.05, 0) is 37.6 Å². The zero-order valence-corrected chi connectivity index (χ0v) is 13.0. The summed E-state index contributed by atoms with van der Waals surface area (Å²) in [5.41, 5.74) is 9.87. The third-order valence-electron chi connectivity index (χ3n) is 3.53. The molecule has 0 radical (unpaired) electrons. The van der Waals surface area contributed by atoms with E-state index in [-0.39, 0.29) is 6.04 Å². The van der Waals surface area contributed by atoms with Gasteiger partial charge in [0.25, 0.3) is 0 Å². The van der Waals surface area contributed by atoms with E-state index in [1.165, 1.54) is 11.3 Å². The normalized spacial score (nSPS) is 12.0. The first kappa shape index (κ1) is 15.4. The summed E-state index contributed by atoms with van der Waals surface area (Å²) in [6.45, 7) is 5.48. The van der Waals surface area contributed by atoms with Gasteiger partial charge in [-0.2, -0.15) is 0 Å². The third kappa shape index (κ3) is 3.99. The molecule has 112 valence electrons. The second-order valence-corrected chi connectivity index (χ2v) is 5.30. The number of likely N-dealkylation sites (N-methyl/N-ethyl adjacent to an activating group) is 1. The molecule has 0 aromatic heterocycles. The molecule has 2 aromatic rings. The van der Waals surface area contributed by atoms with Gasteiger partial charge in [0.05, 0.1) is 12.6 Å². The van der Waals surface area contributed by atoms with Crippen LogP contribution in [0.5, 0.6) is 5.75 Å². The van der Waals surface area contributed by atoms with Crippen LogP contribution in [0.1, 0.15) is 24.1 Å². The van der Waals surface area contributed by atoms with Crippen molar-refractivity contribution < 1.29 is 4.74 Å². The molecular formula is C18H24N2O. The lowest BCUT2D eigenvalue weighted by Gasteiger charge is -2.25. The molecule has 1 unspecified atom stereocenters. The van der Waals surface area contributed by atoms with Gasteiger partial charge in [-0.15, -0.1) is 0 Å². The number of aryl methyl sites for hydroxylation is 1. The molecule has 0 fully saturated rings. The highest BCUT2D eigenvalue weighted by Gasteiger charge is 2.14. The van der Waals surface area contributed by atoms with Crippen molar-refractivity contribution in [3.8, 4) is 5.75 Å². The lowest BCUT2D eigenvalue weighted by atomic mass is 10.1. The Morgan fingerprint density at radius 2 is 1.90 bits per heavy atom. The van der Waals surface area contributed by atoms with E-state index in [0.717, 1.165) is 17.9 Å². The lowest BCUT2D eigenvalue weighted by Crippen LogP contribution is -2.29. The zero-order chi connectivity index (χ0) is 15.2. The summed E-state index contributed by atoms with van der Waals surface area (Å²) in [4.78, 5) is 2.18. The van der Waals surface area contributed by atoms with Gasteiger partial charge in [-0.1, -0.05) is 30.3 Å². The van der Waals surface area contributed by atoms with Crippen molar-refractivity contribution in [2.75, 3.05) is 25.1 Å². The van der Waals surface area contributed by atoms with E-state index >= 15 is 0 Å². The van der Waals surface area contributed by atoms with Gasteiger partial charge in [0, 0.05) is 24.8 Å². The van der Waals surface area contributed by atoms with Crippen LogP contribution in [0.2, 0.25) is 0 Å². The number of benzene rings is 2. The number of rotatable bonds is 6. The smallest absolute Gasteiger partial charge is 0.124 e. The maximum atomic E-state index is 6.38. The average Bonchev–Trinajstić information content (AvgIpc) is 2.48. The molecule has 0 saturated carbocycles. The molecule has 0 aliphatic carbocycles. The van der Waals surface area contributed by atoms with Crippen LogP contribution in [-0.4, -0.2) is 20.2 Å². The molecule has 2 aromatic carbocycles. The Balaban J connectivity index is 2.12. The molecule has 3 nitrogen and oxygen atoms in total. The van der Waals surface area contributed by atoms with Crippen molar-refractivity contribution >= 4 is 5.69 Å². The number of nitrogens with zero attached hydrogens (tertiary/aromatic N) is 1. The second kappa shape index (κ2) is 7.14. The molecule has 0 aliphatic rings. The molecule has 21 heavy (non-hydrogen) atoms. The first-order valence-corrected chi connectivity index (χ1v) is 7.37. The van der Waals surface area contributed by atoms with E-state index in [1.54, 1.807) is 0 Å². The maximum Gasteiger partial charge on any atom is 0.124 e. The standard InChI is InChI=1S/C18H24N2O/c1-4-21-18-11-6-5-10-16(18)17(19)13-20(3)15-9-7-8-14(2)12-15/h5-12,17H,4,13,19H2,1-3H3. The molecule has 3 heteroatoms. The van der Waals surface area contributed by atoms with Crippen molar-refractivity contribution in [3.05, 3.63) is 59.7 Å². The highest BCUT2D eigenvalue weighted by atomic mass is 16.5. The second-order valence-electron chi connectivity index (χ2n) is 5.30. The molecule has 1 atom stereocenters. The summed E-state index contributed by atoms with van der Waals surface area (Å²) in [7, 11) is 2.07. The largest absolute Gasteiger partial charge is 0.494 e. The molecule has 0 heterocycles. The molecule has 2 N–H and O–H groups in total. The SMILES string of the molecule is CCOc1ccccc1C(N)CN(C)c1cccc(C)c1. The Hall–Kier alpha value is -2.00. The van der Waals surface area contributed by atoms with E-state index in [4.69, 9.17) is 10.5 Å². The molecular weight excluding hydrogens is 260 g/mol. The van der Waals surface area contributed by atoms with Gasteiger partial charge >= 0.3 is 0 Å². The fraction of sp³-hybridized carbons (Fsp3) is 0.333. The Morgan fingerprint density at radius 3 is 2.62 bits per heavy atom. The van der Waals surface area contributed by atoms with E-state index in [1.807, 2.05) is 31.2 Å². The van der Waals surface area contributed by atoms with Gasteiger partial charge in [0.15, 0.2) is 0 Å². The molecule has 0 spiro atoms. The number of nitrogens with two attached hydrogens (primary N) is 1. The van der Waals surface area contributed by atoms with Gasteiger partial charge in [-0.25, -0.2) is 0 Å². The summed E-state index contributed by atoms with van der Waals surface area (Å²) < 4.78 is 5.67. The summed E-state index contributed by atoms with van der Waals surface area (Å²) in [6, 6.07) is 16.4. The first-order valence-electron chi connectivity index (χ1n) is 7.37. The van der Waals surface area contributed by atoms with E-state index in [9.17, 15) is 0 Å². The number of ether oxygens (including phenoxy) is 1. The van der Waals surface area contributed by atoms with Gasteiger partial charge in [-0.3, -0.25) is 0 Å². The Labute approximate surface area is 127 Å². The zero-order valence-electron chi connectivity index (χ0n) is 13.0. The number of hydrogen-bond donors (Lipinski definition) is 1.